The summed E-state index contributed by atoms with van der Waals surface area (Å²) in [5, 5.41) is 19.2. The Morgan fingerprint density at radius 1 is 1.73 bits per heavy atom. The third-order valence-corrected chi connectivity index (χ3v) is 1.32. The highest BCUT2D eigenvalue weighted by Crippen LogP contribution is 2.09. The highest BCUT2D eigenvalue weighted by molar-refractivity contribution is 5.41. The summed E-state index contributed by atoms with van der Waals surface area (Å²) in [7, 11) is 0. The molecule has 4 nitrogen and oxygen atoms in total. The van der Waals surface area contributed by atoms with E-state index in [-0.39, 0.29) is 5.56 Å². The second-order valence-electron chi connectivity index (χ2n) is 2.13. The van der Waals surface area contributed by atoms with Crippen molar-refractivity contribution in [3.05, 3.63) is 27.5 Å². The number of nitrogens with one attached hydrogen (secondary N) is 1. The Balaban J connectivity index is 3.52. The molecular formula is C7H5N2O2-. The Labute approximate surface area is 62.7 Å². The number of nitrogens with zero attached hydrogens (tertiary/aromatic N) is 1. The van der Waals surface area contributed by atoms with E-state index in [4.69, 9.17) is 5.26 Å². The standard InChI is InChI=1S/C7H6N2O2/c1-4-2-6(10)9-7(11)5(4)3-8/h2H,1H3,(H2,9,10,11)/p-1. The van der Waals surface area contributed by atoms with Gasteiger partial charge in [-0.2, -0.15) is 5.26 Å². The van der Waals surface area contributed by atoms with Crippen LogP contribution in [0.3, 0.4) is 0 Å². The lowest BCUT2D eigenvalue weighted by Crippen LogP contribution is -2.11. The first-order valence-corrected chi connectivity index (χ1v) is 2.96. The summed E-state index contributed by atoms with van der Waals surface area (Å²) >= 11 is 0. The highest BCUT2D eigenvalue weighted by atomic mass is 16.3. The molecule has 1 aromatic rings. The maximum Gasteiger partial charge on any atom is 0.247 e. The number of aryl methyl sites for hydroxylation is 1. The fourth-order valence-corrected chi connectivity index (χ4v) is 0.797. The van der Waals surface area contributed by atoms with Gasteiger partial charge in [-0.15, -0.1) is 0 Å². The van der Waals surface area contributed by atoms with E-state index in [1.54, 1.807) is 13.0 Å². The normalized spacial score (nSPS) is 9.09. The SMILES string of the molecule is Cc1cc(=O)[nH]c([O-])c1C#N. The van der Waals surface area contributed by atoms with Crippen molar-refractivity contribution in [2.75, 3.05) is 0 Å². The van der Waals surface area contributed by atoms with Crippen molar-refractivity contribution in [1.82, 2.24) is 4.98 Å². The molecule has 0 radical (unpaired) electrons. The molecule has 0 aliphatic rings. The first kappa shape index (κ1) is 7.35. The summed E-state index contributed by atoms with van der Waals surface area (Å²) in [6.07, 6.45) is 0. The molecular weight excluding hydrogens is 144 g/mol. The van der Waals surface area contributed by atoms with E-state index in [0.717, 1.165) is 0 Å². The lowest BCUT2D eigenvalue weighted by atomic mass is 10.2. The zero-order valence-corrected chi connectivity index (χ0v) is 5.84. The van der Waals surface area contributed by atoms with Crippen molar-refractivity contribution in [3.8, 4) is 11.9 Å². The Morgan fingerprint density at radius 2 is 2.36 bits per heavy atom. The zero-order valence-electron chi connectivity index (χ0n) is 5.84. The lowest BCUT2D eigenvalue weighted by Gasteiger charge is -2.07. The Kier molecular flexibility index (Phi) is 1.65. The summed E-state index contributed by atoms with van der Waals surface area (Å²) < 4.78 is 0. The van der Waals surface area contributed by atoms with Crippen LogP contribution >= 0.6 is 0 Å². The van der Waals surface area contributed by atoms with Gasteiger partial charge in [0.1, 0.15) is 6.07 Å². The van der Waals surface area contributed by atoms with Crippen LogP contribution in [0.25, 0.3) is 0 Å². The van der Waals surface area contributed by atoms with Gasteiger partial charge in [-0.25, -0.2) is 0 Å². The molecule has 0 atom stereocenters. The first-order chi connectivity index (χ1) is 5.15. The molecule has 0 aromatic carbocycles. The van der Waals surface area contributed by atoms with Crippen LogP contribution in [0.15, 0.2) is 10.9 Å². The molecule has 1 heterocycles. The number of rotatable bonds is 0. The minimum absolute atomic E-state index is 0.00426. The molecule has 0 bridgehead atoms. The lowest BCUT2D eigenvalue weighted by molar-refractivity contribution is -0.275. The van der Waals surface area contributed by atoms with Gasteiger partial charge in [-0.1, -0.05) is 0 Å². The molecule has 0 unspecified atom stereocenters. The van der Waals surface area contributed by atoms with Gasteiger partial charge in [0.15, 0.2) is 0 Å². The molecule has 0 aliphatic heterocycles. The van der Waals surface area contributed by atoms with Crippen LogP contribution in [-0.2, 0) is 0 Å². The summed E-state index contributed by atoms with van der Waals surface area (Å²) in [6.45, 7) is 1.55. The minimum atomic E-state index is -0.613. The maximum absolute atomic E-state index is 10.8. The van der Waals surface area contributed by atoms with Crippen molar-refractivity contribution < 1.29 is 5.11 Å². The average Bonchev–Trinajstić information content (AvgIpc) is 1.85. The number of nitriles is 1. The van der Waals surface area contributed by atoms with Crippen molar-refractivity contribution in [2.24, 2.45) is 0 Å². The summed E-state index contributed by atoms with van der Waals surface area (Å²) in [4.78, 5) is 12.6. The fraction of sp³-hybridized carbons (Fsp3) is 0.143. The van der Waals surface area contributed by atoms with Crippen LogP contribution in [0.1, 0.15) is 11.1 Å². The van der Waals surface area contributed by atoms with Gasteiger partial charge >= 0.3 is 0 Å². The monoisotopic (exact) mass is 149 g/mol. The molecule has 0 saturated carbocycles. The maximum atomic E-state index is 10.8. The second kappa shape index (κ2) is 2.46. The van der Waals surface area contributed by atoms with Crippen molar-refractivity contribution in [2.45, 2.75) is 6.92 Å². The van der Waals surface area contributed by atoms with E-state index >= 15 is 0 Å². The van der Waals surface area contributed by atoms with E-state index in [1.165, 1.54) is 6.07 Å². The molecule has 0 amide bonds. The van der Waals surface area contributed by atoms with Crippen LogP contribution in [0, 0.1) is 18.3 Å². The highest BCUT2D eigenvalue weighted by Gasteiger charge is 1.97. The van der Waals surface area contributed by atoms with Crippen LogP contribution in [0.2, 0.25) is 0 Å². The Morgan fingerprint density at radius 3 is 2.82 bits per heavy atom. The van der Waals surface area contributed by atoms with E-state index < -0.39 is 11.4 Å². The topological polar surface area (TPSA) is 79.7 Å². The third kappa shape index (κ3) is 1.22. The van der Waals surface area contributed by atoms with E-state index in [9.17, 15) is 9.90 Å². The molecule has 11 heavy (non-hydrogen) atoms. The average molecular weight is 149 g/mol. The number of H-pyrrole nitrogens is 1. The van der Waals surface area contributed by atoms with Gasteiger partial charge in [-0.3, -0.25) is 4.79 Å². The molecule has 0 fully saturated rings. The number of aromatic nitrogens is 1. The first-order valence-electron chi connectivity index (χ1n) is 2.96. The number of pyridine rings is 1. The molecule has 0 aliphatic carbocycles. The van der Waals surface area contributed by atoms with Gasteiger partial charge in [0, 0.05) is 6.07 Å². The number of aromatic amines is 1. The largest absolute Gasteiger partial charge is 0.859 e. The predicted molar refractivity (Wildman–Crippen MR) is 36.0 cm³/mol. The van der Waals surface area contributed by atoms with Gasteiger partial charge in [0.2, 0.25) is 5.56 Å². The molecule has 4 heteroatoms. The van der Waals surface area contributed by atoms with Gasteiger partial charge in [-0.05, 0) is 18.4 Å². The molecule has 1 N–H and O–H groups in total. The van der Waals surface area contributed by atoms with Gasteiger partial charge < -0.3 is 10.1 Å². The van der Waals surface area contributed by atoms with Gasteiger partial charge in [0.25, 0.3) is 0 Å². The minimum Gasteiger partial charge on any atom is -0.859 e. The van der Waals surface area contributed by atoms with Crippen LogP contribution in [0.4, 0.5) is 0 Å². The smallest absolute Gasteiger partial charge is 0.247 e. The van der Waals surface area contributed by atoms with Crippen LogP contribution in [0.5, 0.6) is 5.88 Å². The van der Waals surface area contributed by atoms with Gasteiger partial charge in [0.05, 0.1) is 5.56 Å². The summed E-state index contributed by atoms with van der Waals surface area (Å²) in [6, 6.07) is 2.93. The Bertz CT molecular complexity index is 347. The predicted octanol–water partition coefficient (Wildman–Crippen LogP) is -0.371. The summed E-state index contributed by atoms with van der Waals surface area (Å²) in [5.74, 6) is -0.613. The van der Waals surface area contributed by atoms with Crippen molar-refractivity contribution in [1.29, 1.82) is 5.26 Å². The quantitative estimate of drug-likeness (QED) is 0.546. The summed E-state index contributed by atoms with van der Waals surface area (Å²) in [5.41, 5.74) is -0.0441. The van der Waals surface area contributed by atoms with E-state index in [0.29, 0.717) is 5.56 Å². The van der Waals surface area contributed by atoms with E-state index in [2.05, 4.69) is 0 Å². The molecule has 0 saturated heterocycles. The number of hydrogen-bond donors (Lipinski definition) is 1. The second-order valence-corrected chi connectivity index (χ2v) is 2.13. The number of hydrogen-bond acceptors (Lipinski definition) is 3. The molecule has 1 rings (SSSR count). The molecule has 1 aromatic heterocycles. The van der Waals surface area contributed by atoms with Crippen LogP contribution < -0.4 is 10.7 Å². The fourth-order valence-electron chi connectivity index (χ4n) is 0.797. The third-order valence-electron chi connectivity index (χ3n) is 1.32. The van der Waals surface area contributed by atoms with E-state index in [1.807, 2.05) is 4.98 Å². The van der Waals surface area contributed by atoms with Crippen molar-refractivity contribution in [3.63, 3.8) is 0 Å². The zero-order chi connectivity index (χ0) is 8.43. The van der Waals surface area contributed by atoms with Crippen molar-refractivity contribution >= 4 is 0 Å². The molecule has 56 valence electrons. The van der Waals surface area contributed by atoms with Crippen LogP contribution in [-0.4, -0.2) is 4.98 Å². The Hall–Kier alpha value is -1.76. The molecule has 0 spiro atoms.